The van der Waals surface area contributed by atoms with Crippen LogP contribution in [0, 0.1) is 13.8 Å². The van der Waals surface area contributed by atoms with Crippen LogP contribution >= 0.6 is 11.8 Å². The number of aliphatic hydroxyl groups excluding tert-OH is 1. The lowest BCUT2D eigenvalue weighted by Gasteiger charge is -2.07. The lowest BCUT2D eigenvalue weighted by molar-refractivity contribution is 0.298. The fourth-order valence-electron chi connectivity index (χ4n) is 2.01. The molecule has 0 amide bonds. The molecule has 0 aliphatic heterocycles. The van der Waals surface area contributed by atoms with Crippen molar-refractivity contribution in [2.24, 2.45) is 0 Å². The van der Waals surface area contributed by atoms with Crippen LogP contribution in [0.15, 0.2) is 34.0 Å². The number of nitrogens with one attached hydrogen (secondary N) is 1. The van der Waals surface area contributed by atoms with Gasteiger partial charge in [-0.2, -0.15) is 0 Å². The van der Waals surface area contributed by atoms with Gasteiger partial charge in [0.1, 0.15) is 5.82 Å². The van der Waals surface area contributed by atoms with Crippen LogP contribution in [0.5, 0.6) is 0 Å². The topological polar surface area (TPSA) is 66.0 Å². The fourth-order valence-corrected chi connectivity index (χ4v) is 2.91. The van der Waals surface area contributed by atoms with Crippen molar-refractivity contribution in [3.05, 3.63) is 57.3 Å². The molecule has 20 heavy (non-hydrogen) atoms. The minimum Gasteiger partial charge on any atom is -0.396 e. The maximum absolute atomic E-state index is 11.9. The molecular weight excluding hydrogens is 272 g/mol. The van der Waals surface area contributed by atoms with E-state index in [0.29, 0.717) is 29.3 Å². The summed E-state index contributed by atoms with van der Waals surface area (Å²) in [6.07, 6.45) is 0.347. The second-order valence-electron chi connectivity index (χ2n) is 4.60. The number of aromatic amines is 1. The van der Waals surface area contributed by atoms with Gasteiger partial charge in [-0.25, -0.2) is 4.98 Å². The molecule has 2 N–H and O–H groups in total. The first-order valence-electron chi connectivity index (χ1n) is 6.49. The summed E-state index contributed by atoms with van der Waals surface area (Å²) in [5.41, 5.74) is 2.33. The molecule has 106 valence electrons. The van der Waals surface area contributed by atoms with E-state index in [2.05, 4.69) is 29.0 Å². The second-order valence-corrected chi connectivity index (χ2v) is 5.62. The SMILES string of the molecule is Cc1ccccc1SCc1nc(C)c(CCO)c(=O)[nH]1. The standard InChI is InChI=1S/C15H18N2O2S/c1-10-5-3-4-6-13(10)20-9-14-16-11(2)12(7-8-18)15(19)17-14/h3-6,18H,7-9H2,1-2H3,(H,16,17,19). The Bertz CT molecular complexity index is 653. The van der Waals surface area contributed by atoms with Gasteiger partial charge in [0.15, 0.2) is 0 Å². The Morgan fingerprint density at radius 2 is 2.05 bits per heavy atom. The molecule has 1 aromatic heterocycles. The summed E-state index contributed by atoms with van der Waals surface area (Å²) >= 11 is 1.65. The number of aromatic nitrogens is 2. The van der Waals surface area contributed by atoms with Crippen molar-refractivity contribution in [1.29, 1.82) is 0 Å². The van der Waals surface area contributed by atoms with E-state index in [4.69, 9.17) is 5.11 Å². The van der Waals surface area contributed by atoms with E-state index in [1.165, 1.54) is 10.5 Å². The highest BCUT2D eigenvalue weighted by Gasteiger charge is 2.08. The van der Waals surface area contributed by atoms with Crippen molar-refractivity contribution in [3.63, 3.8) is 0 Å². The highest BCUT2D eigenvalue weighted by molar-refractivity contribution is 7.98. The first-order valence-corrected chi connectivity index (χ1v) is 7.48. The predicted molar refractivity (Wildman–Crippen MR) is 81.1 cm³/mol. The third kappa shape index (κ3) is 3.49. The molecule has 2 aromatic rings. The predicted octanol–water partition coefficient (Wildman–Crippen LogP) is 2.21. The molecule has 1 heterocycles. The van der Waals surface area contributed by atoms with Crippen LogP contribution in [0.2, 0.25) is 0 Å². The van der Waals surface area contributed by atoms with Crippen molar-refractivity contribution in [1.82, 2.24) is 9.97 Å². The van der Waals surface area contributed by atoms with Crippen LogP contribution in [-0.4, -0.2) is 21.7 Å². The van der Waals surface area contributed by atoms with Crippen LogP contribution < -0.4 is 5.56 Å². The third-order valence-corrected chi connectivity index (χ3v) is 4.28. The molecule has 0 fully saturated rings. The summed E-state index contributed by atoms with van der Waals surface area (Å²) in [5, 5.41) is 8.94. The Morgan fingerprint density at radius 3 is 2.70 bits per heavy atom. The Labute approximate surface area is 122 Å². The molecule has 1 aromatic carbocycles. The molecule has 0 bridgehead atoms. The molecular formula is C15H18N2O2S. The lowest BCUT2D eigenvalue weighted by atomic mass is 10.2. The van der Waals surface area contributed by atoms with Crippen LogP contribution in [0.25, 0.3) is 0 Å². The Balaban J connectivity index is 2.15. The van der Waals surface area contributed by atoms with Crippen LogP contribution in [0.3, 0.4) is 0 Å². The van der Waals surface area contributed by atoms with Crippen molar-refractivity contribution in [2.45, 2.75) is 30.9 Å². The van der Waals surface area contributed by atoms with Crippen LogP contribution in [-0.2, 0) is 12.2 Å². The number of thioether (sulfide) groups is 1. The number of hydrogen-bond acceptors (Lipinski definition) is 4. The first-order chi connectivity index (χ1) is 9.61. The first kappa shape index (κ1) is 14.8. The Morgan fingerprint density at radius 1 is 1.30 bits per heavy atom. The van der Waals surface area contributed by atoms with E-state index in [0.717, 1.165) is 0 Å². The number of nitrogens with zero attached hydrogens (tertiary/aromatic N) is 1. The molecule has 0 aliphatic rings. The highest BCUT2D eigenvalue weighted by atomic mass is 32.2. The monoisotopic (exact) mass is 290 g/mol. The van der Waals surface area contributed by atoms with Crippen LogP contribution in [0.1, 0.15) is 22.6 Å². The fraction of sp³-hybridized carbons (Fsp3) is 0.333. The summed E-state index contributed by atoms with van der Waals surface area (Å²) in [5.74, 6) is 1.29. The van der Waals surface area contributed by atoms with E-state index in [1.54, 1.807) is 11.8 Å². The summed E-state index contributed by atoms with van der Waals surface area (Å²) < 4.78 is 0. The summed E-state index contributed by atoms with van der Waals surface area (Å²) in [6, 6.07) is 8.13. The van der Waals surface area contributed by atoms with E-state index in [9.17, 15) is 4.79 Å². The normalized spacial score (nSPS) is 10.8. The number of H-pyrrole nitrogens is 1. The molecule has 5 heteroatoms. The molecule has 0 atom stereocenters. The van der Waals surface area contributed by atoms with Gasteiger partial charge in [0.25, 0.3) is 5.56 Å². The van der Waals surface area contributed by atoms with Gasteiger partial charge in [0.05, 0.1) is 5.75 Å². The van der Waals surface area contributed by atoms with Crippen molar-refractivity contribution in [3.8, 4) is 0 Å². The minimum atomic E-state index is -0.146. The van der Waals surface area contributed by atoms with Gasteiger partial charge in [0, 0.05) is 29.2 Å². The molecule has 0 saturated carbocycles. The number of hydrogen-bond donors (Lipinski definition) is 2. The summed E-state index contributed by atoms with van der Waals surface area (Å²) in [7, 11) is 0. The van der Waals surface area contributed by atoms with Crippen molar-refractivity contribution in [2.75, 3.05) is 6.61 Å². The molecule has 0 radical (unpaired) electrons. The molecule has 0 unspecified atom stereocenters. The average Bonchev–Trinajstić information content (AvgIpc) is 2.42. The largest absolute Gasteiger partial charge is 0.396 e. The summed E-state index contributed by atoms with van der Waals surface area (Å²) in [4.78, 5) is 20.3. The van der Waals surface area contributed by atoms with Gasteiger partial charge in [0.2, 0.25) is 0 Å². The smallest absolute Gasteiger partial charge is 0.254 e. The minimum absolute atomic E-state index is 0.0388. The van der Waals surface area contributed by atoms with Crippen LogP contribution in [0.4, 0.5) is 0 Å². The van der Waals surface area contributed by atoms with Gasteiger partial charge in [-0.3, -0.25) is 4.79 Å². The Hall–Kier alpha value is -1.59. The van der Waals surface area contributed by atoms with E-state index < -0.39 is 0 Å². The maximum atomic E-state index is 11.9. The molecule has 0 aliphatic carbocycles. The van der Waals surface area contributed by atoms with Gasteiger partial charge in [-0.1, -0.05) is 18.2 Å². The maximum Gasteiger partial charge on any atom is 0.254 e. The zero-order chi connectivity index (χ0) is 14.5. The molecule has 0 spiro atoms. The van der Waals surface area contributed by atoms with Gasteiger partial charge >= 0.3 is 0 Å². The van der Waals surface area contributed by atoms with Gasteiger partial charge in [-0.05, 0) is 25.5 Å². The number of aliphatic hydroxyl groups is 1. The number of rotatable bonds is 5. The second kappa shape index (κ2) is 6.72. The number of benzene rings is 1. The molecule has 2 rings (SSSR count). The van der Waals surface area contributed by atoms with Crippen molar-refractivity contribution >= 4 is 11.8 Å². The zero-order valence-electron chi connectivity index (χ0n) is 11.6. The highest BCUT2D eigenvalue weighted by Crippen LogP contribution is 2.24. The number of aryl methyl sites for hydroxylation is 2. The van der Waals surface area contributed by atoms with Crippen molar-refractivity contribution < 1.29 is 5.11 Å². The molecule has 4 nitrogen and oxygen atoms in total. The van der Waals surface area contributed by atoms with E-state index in [1.807, 2.05) is 19.1 Å². The quantitative estimate of drug-likeness (QED) is 0.829. The Kier molecular flexibility index (Phi) is 4.98. The van der Waals surface area contributed by atoms with Gasteiger partial charge in [-0.15, -0.1) is 11.8 Å². The summed E-state index contributed by atoms with van der Waals surface area (Å²) in [6.45, 7) is 3.83. The third-order valence-electron chi connectivity index (χ3n) is 3.09. The zero-order valence-corrected chi connectivity index (χ0v) is 12.5. The molecule has 0 saturated heterocycles. The average molecular weight is 290 g/mol. The van der Waals surface area contributed by atoms with Gasteiger partial charge < -0.3 is 10.1 Å². The van der Waals surface area contributed by atoms with E-state index >= 15 is 0 Å². The van der Waals surface area contributed by atoms with E-state index in [-0.39, 0.29) is 12.2 Å². The lowest BCUT2D eigenvalue weighted by Crippen LogP contribution is -2.19.